The molecule has 5 nitrogen and oxygen atoms in total. The van der Waals surface area contributed by atoms with Crippen molar-refractivity contribution >= 4 is 28.8 Å². The van der Waals surface area contributed by atoms with E-state index in [2.05, 4.69) is 29.4 Å². The molecule has 3 rings (SSSR count). The summed E-state index contributed by atoms with van der Waals surface area (Å²) in [5.41, 5.74) is 2.18. The summed E-state index contributed by atoms with van der Waals surface area (Å²) >= 11 is 1.64. The number of unbranched alkanes of at least 4 members (excludes halogenated alkanes) is 1. The first kappa shape index (κ1) is 19.5. The molecule has 0 spiro atoms. The second-order valence-corrected chi connectivity index (χ2v) is 7.97. The number of anilines is 1. The second-order valence-electron chi connectivity index (χ2n) is 7.00. The first-order valence-corrected chi connectivity index (χ1v) is 10.6. The molecule has 0 aliphatic carbocycles. The van der Waals surface area contributed by atoms with Crippen molar-refractivity contribution in [1.29, 1.82) is 0 Å². The zero-order chi connectivity index (χ0) is 19.1. The summed E-state index contributed by atoms with van der Waals surface area (Å²) in [4.78, 5) is 30.7. The van der Waals surface area contributed by atoms with Crippen LogP contribution in [0.15, 0.2) is 35.8 Å². The summed E-state index contributed by atoms with van der Waals surface area (Å²) in [6.07, 6.45) is 7.24. The zero-order valence-corrected chi connectivity index (χ0v) is 16.6. The molecule has 144 valence electrons. The number of rotatable bonds is 9. The normalized spacial score (nSPS) is 16.7. The third-order valence-electron chi connectivity index (χ3n) is 4.91. The predicted octanol–water partition coefficient (Wildman–Crippen LogP) is 3.59. The summed E-state index contributed by atoms with van der Waals surface area (Å²) < 4.78 is 0. The predicted molar refractivity (Wildman–Crippen MR) is 109 cm³/mol. The molecule has 1 saturated heterocycles. The van der Waals surface area contributed by atoms with Crippen LogP contribution in [0, 0.1) is 5.92 Å². The molecule has 27 heavy (non-hydrogen) atoms. The highest BCUT2D eigenvalue weighted by atomic mass is 32.1. The number of thiazole rings is 1. The lowest BCUT2D eigenvalue weighted by atomic mass is 10.1. The minimum Gasteiger partial charge on any atom is -0.356 e. The standard InChI is InChI=1S/C21H27N3O2S/c1-2-3-5-16-7-9-18(10-8-16)24-15-17(14-20(24)25)21(26)23-11-4-6-19-22-12-13-27-19/h7-10,12-13,17H,2-6,11,14-15H2,1H3,(H,23,26)/t17-/m0/s1. The number of benzene rings is 1. The summed E-state index contributed by atoms with van der Waals surface area (Å²) in [6, 6.07) is 8.17. The van der Waals surface area contributed by atoms with E-state index in [0.29, 0.717) is 13.1 Å². The summed E-state index contributed by atoms with van der Waals surface area (Å²) in [6.45, 7) is 3.27. The Labute approximate surface area is 164 Å². The summed E-state index contributed by atoms with van der Waals surface area (Å²) in [7, 11) is 0. The van der Waals surface area contributed by atoms with E-state index in [9.17, 15) is 9.59 Å². The number of aryl methyl sites for hydroxylation is 2. The van der Waals surface area contributed by atoms with Crippen molar-refractivity contribution in [2.75, 3.05) is 18.0 Å². The highest BCUT2D eigenvalue weighted by molar-refractivity contribution is 7.09. The quantitative estimate of drug-likeness (QED) is 0.671. The number of nitrogens with one attached hydrogen (secondary N) is 1. The van der Waals surface area contributed by atoms with E-state index >= 15 is 0 Å². The van der Waals surface area contributed by atoms with Crippen molar-refractivity contribution in [2.24, 2.45) is 5.92 Å². The summed E-state index contributed by atoms with van der Waals surface area (Å²) in [5.74, 6) is -0.263. The van der Waals surface area contributed by atoms with Crippen LogP contribution in [0.5, 0.6) is 0 Å². The molecule has 1 aliphatic rings. The van der Waals surface area contributed by atoms with Gasteiger partial charge in [-0.25, -0.2) is 4.98 Å². The Balaban J connectivity index is 1.46. The van der Waals surface area contributed by atoms with E-state index in [-0.39, 0.29) is 24.2 Å². The molecule has 1 fully saturated rings. The first-order valence-electron chi connectivity index (χ1n) is 9.72. The van der Waals surface area contributed by atoms with Crippen molar-refractivity contribution < 1.29 is 9.59 Å². The fourth-order valence-corrected chi connectivity index (χ4v) is 3.99. The number of carbonyl (C=O) groups excluding carboxylic acids is 2. The molecule has 2 aromatic rings. The topological polar surface area (TPSA) is 62.3 Å². The lowest BCUT2D eigenvalue weighted by molar-refractivity contribution is -0.126. The van der Waals surface area contributed by atoms with Crippen LogP contribution in [0.25, 0.3) is 0 Å². The molecule has 1 N–H and O–H groups in total. The molecule has 2 amide bonds. The Morgan fingerprint density at radius 3 is 2.78 bits per heavy atom. The summed E-state index contributed by atoms with van der Waals surface area (Å²) in [5, 5.41) is 6.02. The molecule has 1 atom stereocenters. The van der Waals surface area contributed by atoms with E-state index < -0.39 is 0 Å². The lowest BCUT2D eigenvalue weighted by Crippen LogP contribution is -2.33. The maximum Gasteiger partial charge on any atom is 0.227 e. The van der Waals surface area contributed by atoms with Gasteiger partial charge < -0.3 is 10.2 Å². The van der Waals surface area contributed by atoms with Crippen LogP contribution in [0.1, 0.15) is 43.2 Å². The molecule has 1 aromatic carbocycles. The Morgan fingerprint density at radius 2 is 2.07 bits per heavy atom. The van der Waals surface area contributed by atoms with Gasteiger partial charge in [0.15, 0.2) is 0 Å². The van der Waals surface area contributed by atoms with Crippen molar-refractivity contribution in [3.63, 3.8) is 0 Å². The number of carbonyl (C=O) groups is 2. The molecule has 6 heteroatoms. The van der Waals surface area contributed by atoms with Crippen LogP contribution < -0.4 is 10.2 Å². The number of hydrogen-bond donors (Lipinski definition) is 1. The molecule has 0 unspecified atom stereocenters. The van der Waals surface area contributed by atoms with Gasteiger partial charge in [-0.1, -0.05) is 25.5 Å². The van der Waals surface area contributed by atoms with Gasteiger partial charge in [0.1, 0.15) is 0 Å². The fraction of sp³-hybridized carbons (Fsp3) is 0.476. The van der Waals surface area contributed by atoms with Crippen molar-refractivity contribution in [1.82, 2.24) is 10.3 Å². The van der Waals surface area contributed by atoms with Crippen LogP contribution in [-0.2, 0) is 22.4 Å². The Bertz CT molecular complexity index is 743. The smallest absolute Gasteiger partial charge is 0.227 e. The van der Waals surface area contributed by atoms with Gasteiger partial charge in [-0.2, -0.15) is 0 Å². The van der Waals surface area contributed by atoms with Crippen LogP contribution >= 0.6 is 11.3 Å². The van der Waals surface area contributed by atoms with Crippen LogP contribution in [-0.4, -0.2) is 29.9 Å². The van der Waals surface area contributed by atoms with E-state index in [1.54, 1.807) is 22.4 Å². The third kappa shape index (κ3) is 5.39. The molecule has 2 heterocycles. The number of hydrogen-bond acceptors (Lipinski definition) is 4. The second kappa shape index (κ2) is 9.65. The maximum atomic E-state index is 12.4. The minimum absolute atomic E-state index is 0.0236. The molecular formula is C21H27N3O2S. The Kier molecular flexibility index (Phi) is 6.98. The van der Waals surface area contributed by atoms with E-state index in [0.717, 1.165) is 30.0 Å². The van der Waals surface area contributed by atoms with E-state index in [4.69, 9.17) is 0 Å². The van der Waals surface area contributed by atoms with Crippen molar-refractivity contribution in [2.45, 2.75) is 45.4 Å². The Morgan fingerprint density at radius 1 is 1.26 bits per heavy atom. The van der Waals surface area contributed by atoms with Gasteiger partial charge in [-0.15, -0.1) is 11.3 Å². The molecule has 0 saturated carbocycles. The highest BCUT2D eigenvalue weighted by Crippen LogP contribution is 2.26. The van der Waals surface area contributed by atoms with Gasteiger partial charge in [-0.05, 0) is 37.0 Å². The largest absolute Gasteiger partial charge is 0.356 e. The maximum absolute atomic E-state index is 12.4. The highest BCUT2D eigenvalue weighted by Gasteiger charge is 2.34. The SMILES string of the molecule is CCCCc1ccc(N2C[C@@H](C(=O)NCCCc3nccs3)CC2=O)cc1. The van der Waals surface area contributed by atoms with Gasteiger partial charge in [0.05, 0.1) is 10.9 Å². The van der Waals surface area contributed by atoms with Gasteiger partial charge in [0, 0.05) is 43.2 Å². The monoisotopic (exact) mass is 385 g/mol. The van der Waals surface area contributed by atoms with Crippen molar-refractivity contribution in [3.05, 3.63) is 46.4 Å². The first-order chi connectivity index (χ1) is 13.2. The third-order valence-corrected chi connectivity index (χ3v) is 5.75. The van der Waals surface area contributed by atoms with Crippen LogP contribution in [0.4, 0.5) is 5.69 Å². The molecular weight excluding hydrogens is 358 g/mol. The minimum atomic E-state index is -0.267. The molecule has 1 aliphatic heterocycles. The van der Waals surface area contributed by atoms with E-state index in [1.807, 2.05) is 17.5 Å². The fourth-order valence-electron chi connectivity index (χ4n) is 3.33. The number of amides is 2. The average molecular weight is 386 g/mol. The van der Waals surface area contributed by atoms with Gasteiger partial charge >= 0.3 is 0 Å². The van der Waals surface area contributed by atoms with Crippen LogP contribution in [0.3, 0.4) is 0 Å². The average Bonchev–Trinajstić information content (AvgIpc) is 3.33. The van der Waals surface area contributed by atoms with Crippen LogP contribution in [0.2, 0.25) is 0 Å². The zero-order valence-electron chi connectivity index (χ0n) is 15.8. The van der Waals surface area contributed by atoms with E-state index in [1.165, 1.54) is 18.4 Å². The Hall–Kier alpha value is -2.21. The molecule has 0 radical (unpaired) electrons. The van der Waals surface area contributed by atoms with Crippen molar-refractivity contribution in [3.8, 4) is 0 Å². The molecule has 0 bridgehead atoms. The van der Waals surface area contributed by atoms with Gasteiger partial charge in [-0.3, -0.25) is 9.59 Å². The van der Waals surface area contributed by atoms with Gasteiger partial charge in [0.25, 0.3) is 0 Å². The number of nitrogens with zero attached hydrogens (tertiary/aromatic N) is 2. The van der Waals surface area contributed by atoms with Gasteiger partial charge in [0.2, 0.25) is 11.8 Å². The lowest BCUT2D eigenvalue weighted by Gasteiger charge is -2.17. The number of aromatic nitrogens is 1. The molecule has 1 aromatic heterocycles.